The third-order valence-electron chi connectivity index (χ3n) is 5.56. The number of amides is 2. The van der Waals surface area contributed by atoms with E-state index >= 15 is 0 Å². The van der Waals surface area contributed by atoms with Gasteiger partial charge in [-0.15, -0.1) is 5.92 Å². The molecule has 0 fully saturated rings. The summed E-state index contributed by atoms with van der Waals surface area (Å²) in [6.07, 6.45) is 0. The van der Waals surface area contributed by atoms with Crippen LogP contribution < -0.4 is 16.0 Å². The molecule has 0 bridgehead atoms. The Bertz CT molecular complexity index is 1590. The number of fused-ring (bicyclic) bond motifs is 3. The number of aromatic nitrogens is 1. The topological polar surface area (TPSA) is 84.6 Å². The highest BCUT2D eigenvalue weighted by Gasteiger charge is 2.27. The fourth-order valence-electron chi connectivity index (χ4n) is 3.79. The number of carbonyl (C=O) groups excluding carboxylic acids is 2. The molecular formula is C26H19N3O4S. The van der Waals surface area contributed by atoms with Crippen LogP contribution in [0.2, 0.25) is 0 Å². The summed E-state index contributed by atoms with van der Waals surface area (Å²) in [6.45, 7) is 2.01. The zero-order valence-electron chi connectivity index (χ0n) is 18.4. The van der Waals surface area contributed by atoms with Gasteiger partial charge in [0.05, 0.1) is 23.3 Å². The van der Waals surface area contributed by atoms with Gasteiger partial charge in [0, 0.05) is 28.1 Å². The Morgan fingerprint density at radius 3 is 2.71 bits per heavy atom. The molecule has 4 aromatic rings. The first kappa shape index (κ1) is 21.6. The molecule has 1 aliphatic rings. The van der Waals surface area contributed by atoms with Gasteiger partial charge in [-0.3, -0.25) is 19.1 Å². The Morgan fingerprint density at radius 2 is 1.88 bits per heavy atom. The maximum Gasteiger partial charge on any atom is 0.419 e. The number of rotatable bonds is 3. The van der Waals surface area contributed by atoms with Crippen molar-refractivity contribution < 1.29 is 14.0 Å². The number of carbonyl (C=O) groups is 2. The molecule has 0 atom stereocenters. The highest BCUT2D eigenvalue weighted by molar-refractivity contribution is 7.99. The van der Waals surface area contributed by atoms with Crippen LogP contribution in [0.15, 0.2) is 79.7 Å². The number of nitrogens with zero attached hydrogens (tertiary/aromatic N) is 2. The summed E-state index contributed by atoms with van der Waals surface area (Å²) in [6, 6.07) is 17.7. The first-order valence-electron chi connectivity index (χ1n) is 10.5. The van der Waals surface area contributed by atoms with Gasteiger partial charge in [0.1, 0.15) is 0 Å². The molecule has 2 heterocycles. The summed E-state index contributed by atoms with van der Waals surface area (Å²) in [5.74, 6) is 4.92. The van der Waals surface area contributed by atoms with Crippen molar-refractivity contribution >= 4 is 46.1 Å². The molecule has 0 radical (unpaired) electrons. The SMILES string of the molecule is CC#CCN1C(=O)c2ccccc2Sc2cc(NC(=O)c3ccc4oc(=O)n(C)c4c3)ccc21. The Labute approximate surface area is 199 Å². The lowest BCUT2D eigenvalue weighted by molar-refractivity contribution is 0.0985. The van der Waals surface area contributed by atoms with Gasteiger partial charge in [-0.2, -0.15) is 0 Å². The van der Waals surface area contributed by atoms with Gasteiger partial charge >= 0.3 is 5.76 Å². The summed E-state index contributed by atoms with van der Waals surface area (Å²) in [4.78, 5) is 41.3. The third-order valence-corrected chi connectivity index (χ3v) is 6.68. The zero-order valence-corrected chi connectivity index (χ0v) is 19.2. The minimum atomic E-state index is -0.484. The second kappa shape index (κ2) is 8.61. The van der Waals surface area contributed by atoms with Gasteiger partial charge in [0.15, 0.2) is 5.58 Å². The van der Waals surface area contributed by atoms with E-state index in [-0.39, 0.29) is 18.4 Å². The van der Waals surface area contributed by atoms with Crippen LogP contribution in [0.5, 0.6) is 0 Å². The van der Waals surface area contributed by atoms with Crippen LogP contribution in [0, 0.1) is 11.8 Å². The van der Waals surface area contributed by atoms with Crippen LogP contribution in [-0.4, -0.2) is 22.9 Å². The number of nitrogens with one attached hydrogen (secondary N) is 1. The average Bonchev–Trinajstić information content (AvgIpc) is 3.06. The largest absolute Gasteiger partial charge is 0.419 e. The fraction of sp³-hybridized carbons (Fsp3) is 0.115. The van der Waals surface area contributed by atoms with Crippen molar-refractivity contribution in [3.05, 3.63) is 82.3 Å². The van der Waals surface area contributed by atoms with Crippen molar-refractivity contribution in [3.63, 3.8) is 0 Å². The Hall–Kier alpha value is -4.22. The number of aryl methyl sites for hydroxylation is 1. The van der Waals surface area contributed by atoms with E-state index in [2.05, 4.69) is 17.2 Å². The second-order valence-electron chi connectivity index (χ2n) is 7.66. The van der Waals surface area contributed by atoms with E-state index in [0.717, 1.165) is 15.5 Å². The number of benzene rings is 3. The smallest absolute Gasteiger partial charge is 0.408 e. The molecule has 0 spiro atoms. The van der Waals surface area contributed by atoms with Gasteiger partial charge in [0.2, 0.25) is 0 Å². The number of hydrogen-bond acceptors (Lipinski definition) is 5. The van der Waals surface area contributed by atoms with Gasteiger partial charge in [-0.05, 0) is 55.5 Å². The van der Waals surface area contributed by atoms with Crippen LogP contribution in [0.1, 0.15) is 27.6 Å². The minimum Gasteiger partial charge on any atom is -0.408 e. The molecule has 3 aromatic carbocycles. The highest BCUT2D eigenvalue weighted by Crippen LogP contribution is 2.42. The molecule has 8 heteroatoms. The second-order valence-corrected chi connectivity index (χ2v) is 8.75. The van der Waals surface area contributed by atoms with Crippen molar-refractivity contribution in [1.82, 2.24) is 4.57 Å². The molecular weight excluding hydrogens is 450 g/mol. The molecule has 1 aromatic heterocycles. The van der Waals surface area contributed by atoms with E-state index in [1.54, 1.807) is 43.1 Å². The quantitative estimate of drug-likeness (QED) is 0.446. The monoisotopic (exact) mass is 469 g/mol. The van der Waals surface area contributed by atoms with Gasteiger partial charge in [-0.1, -0.05) is 29.8 Å². The van der Waals surface area contributed by atoms with Crippen LogP contribution >= 0.6 is 11.8 Å². The molecule has 1 N–H and O–H groups in total. The van der Waals surface area contributed by atoms with Gasteiger partial charge in [0.25, 0.3) is 11.8 Å². The van der Waals surface area contributed by atoms with Crippen LogP contribution in [-0.2, 0) is 7.05 Å². The molecule has 168 valence electrons. The van der Waals surface area contributed by atoms with Gasteiger partial charge in [-0.25, -0.2) is 4.79 Å². The lowest BCUT2D eigenvalue weighted by Crippen LogP contribution is -2.31. The minimum absolute atomic E-state index is 0.111. The molecule has 2 amide bonds. The van der Waals surface area contributed by atoms with E-state index in [9.17, 15) is 14.4 Å². The maximum absolute atomic E-state index is 13.2. The van der Waals surface area contributed by atoms with Gasteiger partial charge < -0.3 is 9.73 Å². The third kappa shape index (κ3) is 3.76. The summed E-state index contributed by atoms with van der Waals surface area (Å²) in [5, 5.41) is 2.91. The fourth-order valence-corrected chi connectivity index (χ4v) is 4.91. The summed E-state index contributed by atoms with van der Waals surface area (Å²) >= 11 is 1.48. The van der Waals surface area contributed by atoms with Crippen LogP contribution in [0.25, 0.3) is 11.1 Å². The molecule has 0 unspecified atom stereocenters. The number of hydrogen-bond donors (Lipinski definition) is 1. The standard InChI is InChI=1S/C26H19N3O4S/c1-3-4-13-29-19-11-10-17(15-23(19)34-22-8-6-5-7-18(22)25(29)31)27-24(30)16-9-12-21-20(14-16)28(2)26(32)33-21/h5-12,14-15H,13H2,1-2H3,(H,27,30). The van der Waals surface area contributed by atoms with Crippen LogP contribution in [0.3, 0.4) is 0 Å². The normalized spacial score (nSPS) is 12.4. The zero-order chi connectivity index (χ0) is 23.8. The van der Waals surface area contributed by atoms with E-state index in [0.29, 0.717) is 27.9 Å². The van der Waals surface area contributed by atoms with Crippen LogP contribution in [0.4, 0.5) is 11.4 Å². The predicted molar refractivity (Wildman–Crippen MR) is 132 cm³/mol. The van der Waals surface area contributed by atoms with E-state index < -0.39 is 5.76 Å². The molecule has 34 heavy (non-hydrogen) atoms. The van der Waals surface area contributed by atoms with Crippen molar-refractivity contribution in [3.8, 4) is 11.8 Å². The summed E-state index contributed by atoms with van der Waals surface area (Å²) in [5.41, 5.74) is 3.30. The predicted octanol–water partition coefficient (Wildman–Crippen LogP) is 4.52. The number of anilines is 2. The molecule has 7 nitrogen and oxygen atoms in total. The van der Waals surface area contributed by atoms with Crippen molar-refractivity contribution in [2.45, 2.75) is 16.7 Å². The Kier molecular flexibility index (Phi) is 5.48. The Morgan fingerprint density at radius 1 is 1.06 bits per heavy atom. The molecule has 0 aliphatic carbocycles. The molecule has 5 rings (SSSR count). The lowest BCUT2D eigenvalue weighted by atomic mass is 10.1. The first-order valence-corrected chi connectivity index (χ1v) is 11.3. The average molecular weight is 470 g/mol. The molecule has 1 aliphatic heterocycles. The molecule has 0 saturated carbocycles. The van der Waals surface area contributed by atoms with Crippen molar-refractivity contribution in [1.29, 1.82) is 0 Å². The lowest BCUT2D eigenvalue weighted by Gasteiger charge is -2.21. The van der Waals surface area contributed by atoms with Crippen molar-refractivity contribution in [2.75, 3.05) is 16.8 Å². The maximum atomic E-state index is 13.2. The summed E-state index contributed by atoms with van der Waals surface area (Å²) < 4.78 is 6.49. The van der Waals surface area contributed by atoms with E-state index in [4.69, 9.17) is 4.42 Å². The van der Waals surface area contributed by atoms with Crippen molar-refractivity contribution in [2.24, 2.45) is 7.05 Å². The van der Waals surface area contributed by atoms with E-state index in [1.807, 2.05) is 36.4 Å². The number of oxazole rings is 1. The van der Waals surface area contributed by atoms with E-state index in [1.165, 1.54) is 16.3 Å². The highest BCUT2D eigenvalue weighted by atomic mass is 32.2. The first-order chi connectivity index (χ1) is 16.5. The Balaban J connectivity index is 1.50. The molecule has 0 saturated heterocycles. The summed E-state index contributed by atoms with van der Waals surface area (Å²) in [7, 11) is 1.59.